The first-order valence-electron chi connectivity index (χ1n) is 8.24. The highest BCUT2D eigenvalue weighted by atomic mass is 16.2. The van der Waals surface area contributed by atoms with Gasteiger partial charge in [-0.05, 0) is 43.2 Å². The first kappa shape index (κ1) is 16.3. The summed E-state index contributed by atoms with van der Waals surface area (Å²) in [5.74, 6) is -0.833. The molecule has 1 aliphatic heterocycles. The highest BCUT2D eigenvalue weighted by Crippen LogP contribution is 2.23. The molecule has 1 amide bonds. The lowest BCUT2D eigenvalue weighted by molar-refractivity contribution is -0.126. The molecule has 2 heterocycles. The highest BCUT2D eigenvalue weighted by molar-refractivity contribution is 6.42. The fraction of sp³-hybridized carbons (Fsp3) is 0.368. The number of hydrogen-bond acceptors (Lipinski definition) is 3. The van der Waals surface area contributed by atoms with Gasteiger partial charge in [0, 0.05) is 45.1 Å². The van der Waals surface area contributed by atoms with E-state index < -0.39 is 11.7 Å². The molecule has 0 radical (unpaired) electrons. The first-order chi connectivity index (χ1) is 11.5. The van der Waals surface area contributed by atoms with Crippen LogP contribution in [0.5, 0.6) is 0 Å². The van der Waals surface area contributed by atoms with E-state index in [9.17, 15) is 9.59 Å². The third-order valence-electron chi connectivity index (χ3n) is 4.64. The quantitative estimate of drug-likeness (QED) is 0.642. The summed E-state index contributed by atoms with van der Waals surface area (Å²) in [6.45, 7) is 6.82. The molecule has 0 N–H and O–H groups in total. The number of piperazine rings is 1. The number of nitrogens with zero attached hydrogens (tertiary/aromatic N) is 3. The molecule has 0 saturated carbocycles. The van der Waals surface area contributed by atoms with Gasteiger partial charge in [-0.25, -0.2) is 0 Å². The Balaban J connectivity index is 1.67. The molecule has 0 unspecified atom stereocenters. The number of aromatic nitrogens is 1. The van der Waals surface area contributed by atoms with Gasteiger partial charge < -0.3 is 14.4 Å². The van der Waals surface area contributed by atoms with Gasteiger partial charge in [-0.2, -0.15) is 0 Å². The third kappa shape index (κ3) is 3.07. The molecule has 1 fully saturated rings. The number of carbonyl (C=O) groups is 2. The lowest BCUT2D eigenvalue weighted by atomic mass is 10.1. The molecular formula is C19H23N3O2. The zero-order valence-electron chi connectivity index (χ0n) is 14.5. The summed E-state index contributed by atoms with van der Waals surface area (Å²) in [7, 11) is 1.78. The Bertz CT molecular complexity index is 771. The second-order valence-electron chi connectivity index (χ2n) is 6.40. The normalized spacial score (nSPS) is 14.8. The van der Waals surface area contributed by atoms with Gasteiger partial charge in [0.2, 0.25) is 0 Å². The Morgan fingerprint density at radius 3 is 2.33 bits per heavy atom. The van der Waals surface area contributed by atoms with E-state index in [2.05, 4.69) is 36.9 Å². The van der Waals surface area contributed by atoms with Gasteiger partial charge >= 0.3 is 0 Å². The maximum atomic E-state index is 12.5. The van der Waals surface area contributed by atoms with Crippen LogP contribution in [-0.4, -0.2) is 47.3 Å². The molecule has 126 valence electrons. The molecule has 0 aliphatic carbocycles. The molecule has 3 rings (SSSR count). The minimum absolute atomic E-state index is 0.405. The van der Waals surface area contributed by atoms with Crippen molar-refractivity contribution < 1.29 is 9.59 Å². The summed E-state index contributed by atoms with van der Waals surface area (Å²) in [5.41, 5.74) is 4.13. The third-order valence-corrected chi connectivity index (χ3v) is 4.64. The fourth-order valence-electron chi connectivity index (χ4n) is 3.16. The zero-order valence-corrected chi connectivity index (χ0v) is 14.5. The molecule has 1 saturated heterocycles. The molecular weight excluding hydrogens is 302 g/mol. The first-order valence-corrected chi connectivity index (χ1v) is 8.24. The Morgan fingerprint density at radius 1 is 1.00 bits per heavy atom. The van der Waals surface area contributed by atoms with E-state index in [-0.39, 0.29) is 0 Å². The van der Waals surface area contributed by atoms with Crippen LogP contribution >= 0.6 is 0 Å². The highest BCUT2D eigenvalue weighted by Gasteiger charge is 2.28. The Labute approximate surface area is 142 Å². The van der Waals surface area contributed by atoms with Gasteiger partial charge in [-0.1, -0.05) is 12.1 Å². The van der Waals surface area contributed by atoms with Crippen LogP contribution in [0.3, 0.4) is 0 Å². The van der Waals surface area contributed by atoms with Gasteiger partial charge in [0.15, 0.2) is 0 Å². The van der Waals surface area contributed by atoms with Crippen molar-refractivity contribution >= 4 is 17.4 Å². The van der Waals surface area contributed by atoms with Crippen molar-refractivity contribution in [1.29, 1.82) is 0 Å². The predicted octanol–water partition coefficient (Wildman–Crippen LogP) is 2.17. The zero-order chi connectivity index (χ0) is 17.3. The second kappa shape index (κ2) is 6.51. The van der Waals surface area contributed by atoms with Crippen LogP contribution in [0.15, 0.2) is 36.5 Å². The van der Waals surface area contributed by atoms with E-state index in [1.807, 2.05) is 0 Å². The van der Waals surface area contributed by atoms with Crippen LogP contribution in [-0.2, 0) is 11.8 Å². The fourth-order valence-corrected chi connectivity index (χ4v) is 3.16. The molecule has 0 atom stereocenters. The summed E-state index contributed by atoms with van der Waals surface area (Å²) in [6.07, 6.45) is 1.78. The number of amides is 1. The van der Waals surface area contributed by atoms with Gasteiger partial charge in [0.25, 0.3) is 11.7 Å². The van der Waals surface area contributed by atoms with E-state index >= 15 is 0 Å². The summed E-state index contributed by atoms with van der Waals surface area (Å²) >= 11 is 0. The molecule has 5 heteroatoms. The van der Waals surface area contributed by atoms with Crippen molar-refractivity contribution in [3.8, 4) is 0 Å². The van der Waals surface area contributed by atoms with E-state index in [1.54, 1.807) is 34.8 Å². The van der Waals surface area contributed by atoms with Crippen molar-refractivity contribution in [3.63, 3.8) is 0 Å². The summed E-state index contributed by atoms with van der Waals surface area (Å²) in [6, 6.07) is 9.88. The lowest BCUT2D eigenvalue weighted by Crippen LogP contribution is -2.51. The van der Waals surface area contributed by atoms with Crippen LogP contribution in [0.1, 0.15) is 21.6 Å². The molecule has 0 bridgehead atoms. The molecule has 1 aromatic heterocycles. The Kier molecular flexibility index (Phi) is 4.42. The minimum Gasteiger partial charge on any atom is -0.368 e. The average molecular weight is 325 g/mol. The summed E-state index contributed by atoms with van der Waals surface area (Å²) < 4.78 is 1.69. The number of aryl methyl sites for hydroxylation is 3. The number of benzene rings is 1. The lowest BCUT2D eigenvalue weighted by Gasteiger charge is -2.36. The van der Waals surface area contributed by atoms with Crippen LogP contribution in [0.4, 0.5) is 5.69 Å². The molecule has 0 spiro atoms. The predicted molar refractivity (Wildman–Crippen MR) is 94.5 cm³/mol. The van der Waals surface area contributed by atoms with E-state index in [4.69, 9.17) is 0 Å². The van der Waals surface area contributed by atoms with E-state index in [0.29, 0.717) is 18.8 Å². The largest absolute Gasteiger partial charge is 0.368 e. The van der Waals surface area contributed by atoms with Gasteiger partial charge in [-0.15, -0.1) is 0 Å². The van der Waals surface area contributed by atoms with Crippen LogP contribution in [0.25, 0.3) is 0 Å². The topological polar surface area (TPSA) is 45.6 Å². The van der Waals surface area contributed by atoms with Crippen LogP contribution in [0, 0.1) is 13.8 Å². The number of Topliss-reactive ketones (excluding diaryl/α,β-unsaturated/α-hetero) is 1. The number of ketones is 1. The van der Waals surface area contributed by atoms with E-state index in [1.165, 1.54) is 16.8 Å². The van der Waals surface area contributed by atoms with Crippen molar-refractivity contribution in [1.82, 2.24) is 9.47 Å². The number of hydrogen-bond donors (Lipinski definition) is 0. The van der Waals surface area contributed by atoms with Crippen molar-refractivity contribution in [2.24, 2.45) is 7.05 Å². The molecule has 1 aromatic carbocycles. The van der Waals surface area contributed by atoms with Crippen molar-refractivity contribution in [2.75, 3.05) is 31.1 Å². The maximum Gasteiger partial charge on any atom is 0.296 e. The van der Waals surface area contributed by atoms with Crippen LogP contribution < -0.4 is 4.90 Å². The van der Waals surface area contributed by atoms with Gasteiger partial charge in [0.05, 0.1) is 5.69 Å². The van der Waals surface area contributed by atoms with Crippen LogP contribution in [0.2, 0.25) is 0 Å². The Morgan fingerprint density at radius 2 is 1.71 bits per heavy atom. The number of anilines is 1. The number of carbonyl (C=O) groups excluding carboxylic acids is 2. The molecule has 2 aromatic rings. The van der Waals surface area contributed by atoms with Crippen molar-refractivity contribution in [2.45, 2.75) is 13.8 Å². The SMILES string of the molecule is Cc1ccc(C)c(N2CCN(C(=O)C(=O)c3cccn3C)CC2)c1. The van der Waals surface area contributed by atoms with Gasteiger partial charge in [-0.3, -0.25) is 9.59 Å². The smallest absolute Gasteiger partial charge is 0.296 e. The standard InChI is InChI=1S/C19H23N3O2/c1-14-6-7-15(2)17(13-14)21-9-11-22(12-10-21)19(24)18(23)16-5-4-8-20(16)3/h4-8,13H,9-12H2,1-3H3. The second-order valence-corrected chi connectivity index (χ2v) is 6.40. The molecule has 24 heavy (non-hydrogen) atoms. The molecule has 5 nitrogen and oxygen atoms in total. The molecule has 1 aliphatic rings. The van der Waals surface area contributed by atoms with E-state index in [0.717, 1.165) is 13.1 Å². The minimum atomic E-state index is -0.428. The summed E-state index contributed by atoms with van der Waals surface area (Å²) in [5, 5.41) is 0. The Hall–Kier alpha value is -2.56. The van der Waals surface area contributed by atoms with Gasteiger partial charge in [0.1, 0.15) is 0 Å². The summed E-state index contributed by atoms with van der Waals surface area (Å²) in [4.78, 5) is 28.8. The monoisotopic (exact) mass is 325 g/mol. The van der Waals surface area contributed by atoms with Crippen molar-refractivity contribution in [3.05, 3.63) is 53.3 Å². The maximum absolute atomic E-state index is 12.5. The average Bonchev–Trinajstić information content (AvgIpc) is 3.02. The number of rotatable bonds is 3.